The number of ketones is 1. The van der Waals surface area contributed by atoms with E-state index in [1.807, 2.05) is 4.90 Å². The molecule has 3 rings (SSSR count). The van der Waals surface area contributed by atoms with Crippen molar-refractivity contribution in [1.29, 1.82) is 0 Å². The minimum atomic E-state index is 0. The molecule has 1 aromatic carbocycles. The van der Waals surface area contributed by atoms with Gasteiger partial charge in [0.1, 0.15) is 0 Å². The Kier molecular flexibility index (Phi) is 6.77. The summed E-state index contributed by atoms with van der Waals surface area (Å²) >= 11 is 7.20. The number of benzene rings is 1. The van der Waals surface area contributed by atoms with E-state index in [4.69, 9.17) is 11.6 Å². The van der Waals surface area contributed by atoms with Gasteiger partial charge in [0.25, 0.3) is 0 Å². The maximum absolute atomic E-state index is 12.2. The standard InChI is InChI=1S/C16H19ClN2O2S.ClH/c17-14-3-1-11(2-4-14)15(20)9-22-10-16(21)19-7-12-5-18-6-13(12)8-19;/h1-4,12-13,18H,5-10H2;1H/t12-,13+;. The van der Waals surface area contributed by atoms with E-state index in [2.05, 4.69) is 5.32 Å². The van der Waals surface area contributed by atoms with Gasteiger partial charge in [-0.2, -0.15) is 0 Å². The van der Waals surface area contributed by atoms with Gasteiger partial charge in [-0.3, -0.25) is 9.59 Å². The smallest absolute Gasteiger partial charge is 0.232 e. The van der Waals surface area contributed by atoms with E-state index in [0.29, 0.717) is 33.9 Å². The molecule has 4 nitrogen and oxygen atoms in total. The van der Waals surface area contributed by atoms with E-state index >= 15 is 0 Å². The monoisotopic (exact) mass is 374 g/mol. The second kappa shape index (κ2) is 8.38. The molecule has 2 aliphatic rings. The Morgan fingerprint density at radius 3 is 2.35 bits per heavy atom. The lowest BCUT2D eigenvalue weighted by molar-refractivity contribution is -0.127. The third-order valence-electron chi connectivity index (χ3n) is 4.37. The summed E-state index contributed by atoms with van der Waals surface area (Å²) in [6.45, 7) is 3.78. The van der Waals surface area contributed by atoms with Crippen LogP contribution in [-0.2, 0) is 4.79 Å². The summed E-state index contributed by atoms with van der Waals surface area (Å²) in [4.78, 5) is 26.2. The van der Waals surface area contributed by atoms with E-state index in [1.54, 1.807) is 24.3 Å². The Morgan fingerprint density at radius 2 is 1.74 bits per heavy atom. The van der Waals surface area contributed by atoms with Gasteiger partial charge >= 0.3 is 0 Å². The lowest BCUT2D eigenvalue weighted by atomic mass is 10.0. The van der Waals surface area contributed by atoms with Crippen LogP contribution in [-0.4, -0.2) is 54.3 Å². The first-order valence-corrected chi connectivity index (χ1v) is 9.02. The molecule has 2 fully saturated rings. The van der Waals surface area contributed by atoms with E-state index < -0.39 is 0 Å². The molecule has 1 amide bonds. The second-order valence-corrected chi connectivity index (χ2v) is 7.32. The van der Waals surface area contributed by atoms with Gasteiger partial charge < -0.3 is 10.2 Å². The minimum absolute atomic E-state index is 0. The second-order valence-electron chi connectivity index (χ2n) is 5.90. The zero-order chi connectivity index (χ0) is 15.5. The number of hydrogen-bond donors (Lipinski definition) is 1. The summed E-state index contributed by atoms with van der Waals surface area (Å²) in [5.74, 6) is 2.14. The number of Topliss-reactive ketones (excluding diaryl/α,β-unsaturated/α-hetero) is 1. The van der Waals surface area contributed by atoms with Gasteiger partial charge in [0.2, 0.25) is 5.91 Å². The first-order chi connectivity index (χ1) is 10.6. The number of amides is 1. The average Bonchev–Trinajstić information content (AvgIpc) is 3.09. The zero-order valence-electron chi connectivity index (χ0n) is 12.7. The fourth-order valence-corrected chi connectivity index (χ4v) is 4.04. The Morgan fingerprint density at radius 1 is 1.13 bits per heavy atom. The Balaban J connectivity index is 0.00000192. The predicted molar refractivity (Wildman–Crippen MR) is 96.8 cm³/mol. The van der Waals surface area contributed by atoms with Crippen LogP contribution in [0.2, 0.25) is 5.02 Å². The van der Waals surface area contributed by atoms with Crippen LogP contribution in [0.15, 0.2) is 24.3 Å². The molecule has 1 aromatic rings. The van der Waals surface area contributed by atoms with Crippen molar-refractivity contribution in [3.8, 4) is 0 Å². The molecule has 0 bridgehead atoms. The maximum atomic E-state index is 12.2. The lowest BCUT2D eigenvalue weighted by Crippen LogP contribution is -2.33. The number of thioether (sulfide) groups is 1. The maximum Gasteiger partial charge on any atom is 0.232 e. The Bertz CT molecular complexity index is 556. The molecule has 2 heterocycles. The van der Waals surface area contributed by atoms with Crippen LogP contribution in [0.25, 0.3) is 0 Å². The number of hydrogen-bond acceptors (Lipinski definition) is 4. The third-order valence-corrected chi connectivity index (χ3v) is 5.54. The molecule has 126 valence electrons. The van der Waals surface area contributed by atoms with E-state index in [1.165, 1.54) is 11.8 Å². The molecular weight excluding hydrogens is 355 g/mol. The van der Waals surface area contributed by atoms with E-state index in [0.717, 1.165) is 26.2 Å². The van der Waals surface area contributed by atoms with Gasteiger partial charge in [0.05, 0.1) is 11.5 Å². The van der Waals surface area contributed by atoms with Crippen molar-refractivity contribution < 1.29 is 9.59 Å². The highest BCUT2D eigenvalue weighted by atomic mass is 35.5. The molecule has 2 atom stereocenters. The van der Waals surface area contributed by atoms with Crippen molar-refractivity contribution in [1.82, 2.24) is 10.2 Å². The number of nitrogens with one attached hydrogen (secondary N) is 1. The summed E-state index contributed by atoms with van der Waals surface area (Å²) in [7, 11) is 0. The van der Waals surface area contributed by atoms with Crippen molar-refractivity contribution in [2.24, 2.45) is 11.8 Å². The van der Waals surface area contributed by atoms with Crippen LogP contribution in [0.1, 0.15) is 10.4 Å². The molecule has 0 radical (unpaired) electrons. The SMILES string of the molecule is Cl.O=C(CSCC(=O)N1C[C@H]2CNC[C@H]2C1)c1ccc(Cl)cc1. The molecule has 2 aliphatic heterocycles. The summed E-state index contributed by atoms with van der Waals surface area (Å²) in [5.41, 5.74) is 0.645. The van der Waals surface area contributed by atoms with Crippen LogP contribution in [0.3, 0.4) is 0 Å². The number of carbonyl (C=O) groups is 2. The van der Waals surface area contributed by atoms with Gasteiger partial charge in [-0.15, -0.1) is 24.2 Å². The van der Waals surface area contributed by atoms with Gasteiger partial charge in [-0.05, 0) is 36.1 Å². The van der Waals surface area contributed by atoms with Crippen LogP contribution < -0.4 is 5.32 Å². The fraction of sp³-hybridized carbons (Fsp3) is 0.500. The van der Waals surface area contributed by atoms with Crippen molar-refractivity contribution in [2.45, 2.75) is 0 Å². The van der Waals surface area contributed by atoms with Gasteiger partial charge in [-0.1, -0.05) is 11.6 Å². The van der Waals surface area contributed by atoms with Crippen LogP contribution >= 0.6 is 35.8 Å². The number of nitrogens with zero attached hydrogens (tertiary/aromatic N) is 1. The first-order valence-electron chi connectivity index (χ1n) is 7.48. The molecule has 0 aromatic heterocycles. The largest absolute Gasteiger partial charge is 0.341 e. The number of carbonyl (C=O) groups excluding carboxylic acids is 2. The molecule has 2 saturated heterocycles. The van der Waals surface area contributed by atoms with Crippen molar-refractivity contribution in [2.75, 3.05) is 37.7 Å². The lowest BCUT2D eigenvalue weighted by Gasteiger charge is -2.17. The van der Waals surface area contributed by atoms with Gasteiger partial charge in [0, 0.05) is 36.8 Å². The third kappa shape index (κ3) is 4.63. The zero-order valence-corrected chi connectivity index (χ0v) is 15.1. The minimum Gasteiger partial charge on any atom is -0.341 e. The summed E-state index contributed by atoms with van der Waals surface area (Å²) in [6.07, 6.45) is 0. The summed E-state index contributed by atoms with van der Waals surface area (Å²) in [5, 5.41) is 3.99. The first kappa shape index (κ1) is 18.6. The van der Waals surface area contributed by atoms with Crippen molar-refractivity contribution in [3.63, 3.8) is 0 Å². The van der Waals surface area contributed by atoms with E-state index in [9.17, 15) is 9.59 Å². The molecule has 0 unspecified atom stereocenters. The highest BCUT2D eigenvalue weighted by molar-refractivity contribution is 8.00. The van der Waals surface area contributed by atoms with Crippen LogP contribution in [0.5, 0.6) is 0 Å². The van der Waals surface area contributed by atoms with Crippen molar-refractivity contribution >= 4 is 47.5 Å². The molecule has 1 N–H and O–H groups in total. The van der Waals surface area contributed by atoms with Gasteiger partial charge in [0.15, 0.2) is 5.78 Å². The molecule has 7 heteroatoms. The van der Waals surface area contributed by atoms with E-state index in [-0.39, 0.29) is 24.1 Å². The normalized spacial score (nSPS) is 22.6. The molecule has 0 saturated carbocycles. The van der Waals surface area contributed by atoms with Gasteiger partial charge in [-0.25, -0.2) is 0 Å². The predicted octanol–water partition coefficient (Wildman–Crippen LogP) is 2.36. The molecule has 0 aliphatic carbocycles. The summed E-state index contributed by atoms with van der Waals surface area (Å²) < 4.78 is 0. The Hall–Kier alpha value is -0.750. The average molecular weight is 375 g/mol. The highest BCUT2D eigenvalue weighted by Crippen LogP contribution is 2.26. The topological polar surface area (TPSA) is 49.4 Å². The highest BCUT2D eigenvalue weighted by Gasteiger charge is 2.37. The number of fused-ring (bicyclic) bond motifs is 1. The summed E-state index contributed by atoms with van der Waals surface area (Å²) in [6, 6.07) is 6.87. The Labute approximate surface area is 151 Å². The molecule has 0 spiro atoms. The quantitative estimate of drug-likeness (QED) is 0.803. The van der Waals surface area contributed by atoms with Crippen molar-refractivity contribution in [3.05, 3.63) is 34.9 Å². The fourth-order valence-electron chi connectivity index (χ4n) is 3.10. The number of likely N-dealkylation sites (tertiary alicyclic amines) is 1. The molecule has 23 heavy (non-hydrogen) atoms. The number of rotatable bonds is 5. The van der Waals surface area contributed by atoms with Crippen LogP contribution in [0.4, 0.5) is 0 Å². The molecular formula is C16H20Cl2N2O2S. The number of halogens is 2. The van der Waals surface area contributed by atoms with Crippen LogP contribution in [0, 0.1) is 11.8 Å².